The molecule has 4 nitrogen and oxygen atoms in total. The summed E-state index contributed by atoms with van der Waals surface area (Å²) in [7, 11) is 0. The van der Waals surface area contributed by atoms with E-state index in [1.165, 1.54) is 16.7 Å². The summed E-state index contributed by atoms with van der Waals surface area (Å²) in [4.78, 5) is 25.8. The first-order chi connectivity index (χ1) is 11.0. The Hall–Kier alpha value is -1.36. The van der Waals surface area contributed by atoms with Gasteiger partial charge in [-0.1, -0.05) is 15.9 Å². The van der Waals surface area contributed by atoms with Crippen LogP contribution in [0.25, 0.3) is 0 Å². The highest BCUT2D eigenvalue weighted by Gasteiger charge is 2.33. The van der Waals surface area contributed by atoms with E-state index in [4.69, 9.17) is 5.11 Å². The third-order valence-corrected chi connectivity index (χ3v) is 5.73. The van der Waals surface area contributed by atoms with Crippen LogP contribution in [0.2, 0.25) is 0 Å². The zero-order valence-electron chi connectivity index (χ0n) is 13.3. The molecule has 1 amide bonds. The molecular formula is C18H22BrNO3. The molecule has 0 radical (unpaired) electrons. The molecule has 1 aliphatic carbocycles. The van der Waals surface area contributed by atoms with Gasteiger partial charge in [0.1, 0.15) is 0 Å². The molecule has 2 aliphatic rings. The molecule has 1 saturated carbocycles. The van der Waals surface area contributed by atoms with E-state index in [0.717, 1.165) is 17.4 Å². The molecule has 5 heteroatoms. The number of carboxylic acids is 1. The monoisotopic (exact) mass is 379 g/mol. The number of fused-ring (bicyclic) bond motifs is 1. The van der Waals surface area contributed by atoms with E-state index in [1.54, 1.807) is 0 Å². The molecule has 1 aliphatic heterocycles. The van der Waals surface area contributed by atoms with Crippen LogP contribution < -0.4 is 0 Å². The van der Waals surface area contributed by atoms with Crippen molar-refractivity contribution >= 4 is 27.8 Å². The number of benzene rings is 1. The summed E-state index contributed by atoms with van der Waals surface area (Å²) in [5, 5.41) is 9.07. The highest BCUT2D eigenvalue weighted by molar-refractivity contribution is 9.10. The first kappa shape index (κ1) is 16.5. The zero-order valence-corrected chi connectivity index (χ0v) is 14.9. The van der Waals surface area contributed by atoms with Gasteiger partial charge in [0.05, 0.1) is 5.92 Å². The third kappa shape index (κ3) is 3.44. The van der Waals surface area contributed by atoms with Crippen LogP contribution in [0.4, 0.5) is 0 Å². The number of nitrogens with zero attached hydrogens (tertiary/aromatic N) is 1. The maximum Gasteiger partial charge on any atom is 0.306 e. The Kier molecular flexibility index (Phi) is 4.76. The number of aliphatic carboxylic acids is 1. The van der Waals surface area contributed by atoms with Crippen LogP contribution in [0.5, 0.6) is 0 Å². The maximum atomic E-state index is 12.8. The Morgan fingerprint density at radius 1 is 1.17 bits per heavy atom. The largest absolute Gasteiger partial charge is 0.481 e. The fourth-order valence-corrected chi connectivity index (χ4v) is 4.47. The molecule has 0 aromatic heterocycles. The van der Waals surface area contributed by atoms with Crippen molar-refractivity contribution in [2.24, 2.45) is 11.8 Å². The predicted molar refractivity (Wildman–Crippen MR) is 91.1 cm³/mol. The molecule has 1 fully saturated rings. The molecular weight excluding hydrogens is 358 g/mol. The van der Waals surface area contributed by atoms with Crippen molar-refractivity contribution in [3.05, 3.63) is 33.3 Å². The summed E-state index contributed by atoms with van der Waals surface area (Å²) < 4.78 is 1.10. The van der Waals surface area contributed by atoms with Gasteiger partial charge < -0.3 is 10.0 Å². The van der Waals surface area contributed by atoms with Crippen molar-refractivity contribution in [3.8, 4) is 0 Å². The molecule has 3 rings (SSSR count). The SMILES string of the molecule is Cc1cc(Br)cc2c1CN(C(=O)C1CCC(C(=O)O)CC1)CC2. The number of hydrogen-bond donors (Lipinski definition) is 1. The lowest BCUT2D eigenvalue weighted by Gasteiger charge is -2.34. The first-order valence-electron chi connectivity index (χ1n) is 8.25. The number of rotatable bonds is 2. The van der Waals surface area contributed by atoms with Crippen LogP contribution in [0, 0.1) is 18.8 Å². The Morgan fingerprint density at radius 2 is 1.83 bits per heavy atom. The number of carbonyl (C=O) groups is 2. The minimum atomic E-state index is -0.719. The van der Waals surface area contributed by atoms with Crippen molar-refractivity contribution in [2.75, 3.05) is 6.54 Å². The van der Waals surface area contributed by atoms with Crippen molar-refractivity contribution in [3.63, 3.8) is 0 Å². The van der Waals surface area contributed by atoms with E-state index < -0.39 is 5.97 Å². The van der Waals surface area contributed by atoms with Gasteiger partial charge in [0.25, 0.3) is 0 Å². The molecule has 1 N–H and O–H groups in total. The Balaban J connectivity index is 1.67. The van der Waals surface area contributed by atoms with Crippen molar-refractivity contribution in [1.29, 1.82) is 0 Å². The van der Waals surface area contributed by atoms with E-state index in [2.05, 4.69) is 35.0 Å². The van der Waals surface area contributed by atoms with Gasteiger partial charge in [0.15, 0.2) is 0 Å². The van der Waals surface area contributed by atoms with Crippen LogP contribution in [0.3, 0.4) is 0 Å². The lowest BCUT2D eigenvalue weighted by Crippen LogP contribution is -2.41. The van der Waals surface area contributed by atoms with Crippen LogP contribution >= 0.6 is 15.9 Å². The number of amides is 1. The number of hydrogen-bond acceptors (Lipinski definition) is 2. The highest BCUT2D eigenvalue weighted by atomic mass is 79.9. The van der Waals surface area contributed by atoms with E-state index >= 15 is 0 Å². The Labute approximate surface area is 145 Å². The van der Waals surface area contributed by atoms with Crippen molar-refractivity contribution in [2.45, 2.75) is 45.6 Å². The Morgan fingerprint density at radius 3 is 2.48 bits per heavy atom. The second-order valence-electron chi connectivity index (χ2n) is 6.76. The number of aryl methyl sites for hydroxylation is 1. The van der Waals surface area contributed by atoms with Gasteiger partial charge in [-0.05, 0) is 67.9 Å². The number of carboxylic acid groups (broad SMARTS) is 1. The molecule has 0 atom stereocenters. The number of halogens is 1. The first-order valence-corrected chi connectivity index (χ1v) is 9.04. The van der Waals surface area contributed by atoms with Gasteiger partial charge in [-0.2, -0.15) is 0 Å². The van der Waals surface area contributed by atoms with E-state index in [-0.39, 0.29) is 17.7 Å². The normalized spacial score (nSPS) is 24.2. The molecule has 0 spiro atoms. The maximum absolute atomic E-state index is 12.8. The molecule has 0 saturated heterocycles. The molecule has 0 unspecified atom stereocenters. The summed E-state index contributed by atoms with van der Waals surface area (Å²) in [6.07, 6.45) is 3.56. The van der Waals surface area contributed by atoms with Gasteiger partial charge >= 0.3 is 5.97 Å². The van der Waals surface area contributed by atoms with Gasteiger partial charge in [0.2, 0.25) is 5.91 Å². The summed E-state index contributed by atoms with van der Waals surface area (Å²) in [5.74, 6) is -0.769. The van der Waals surface area contributed by atoms with Crippen LogP contribution in [-0.2, 0) is 22.6 Å². The van der Waals surface area contributed by atoms with E-state index in [0.29, 0.717) is 32.2 Å². The minimum Gasteiger partial charge on any atom is -0.481 e. The van der Waals surface area contributed by atoms with Crippen LogP contribution in [-0.4, -0.2) is 28.4 Å². The Bertz CT molecular complexity index is 635. The van der Waals surface area contributed by atoms with Gasteiger partial charge in [-0.3, -0.25) is 9.59 Å². The number of carbonyl (C=O) groups excluding carboxylic acids is 1. The third-order valence-electron chi connectivity index (χ3n) is 5.27. The van der Waals surface area contributed by atoms with Gasteiger partial charge in [-0.15, -0.1) is 0 Å². The standard InChI is InChI=1S/C18H22BrNO3/c1-11-8-15(19)9-14-6-7-20(10-16(11)14)17(21)12-2-4-13(5-3-12)18(22)23/h8-9,12-13H,2-7,10H2,1H3,(H,22,23). The summed E-state index contributed by atoms with van der Waals surface area (Å²) in [6.45, 7) is 3.54. The highest BCUT2D eigenvalue weighted by Crippen LogP contribution is 2.32. The summed E-state index contributed by atoms with van der Waals surface area (Å²) >= 11 is 3.54. The smallest absolute Gasteiger partial charge is 0.306 e. The molecule has 1 heterocycles. The van der Waals surface area contributed by atoms with Crippen molar-refractivity contribution < 1.29 is 14.7 Å². The van der Waals surface area contributed by atoms with Crippen LogP contribution in [0.1, 0.15) is 42.4 Å². The molecule has 23 heavy (non-hydrogen) atoms. The summed E-state index contributed by atoms with van der Waals surface area (Å²) in [5.41, 5.74) is 3.82. The second kappa shape index (κ2) is 6.63. The van der Waals surface area contributed by atoms with Gasteiger partial charge in [0, 0.05) is 23.5 Å². The van der Waals surface area contributed by atoms with Gasteiger partial charge in [-0.25, -0.2) is 0 Å². The van der Waals surface area contributed by atoms with Crippen LogP contribution in [0.15, 0.2) is 16.6 Å². The zero-order chi connectivity index (χ0) is 16.6. The molecule has 124 valence electrons. The fourth-order valence-electron chi connectivity index (χ4n) is 3.85. The van der Waals surface area contributed by atoms with E-state index in [1.807, 2.05) is 4.90 Å². The van der Waals surface area contributed by atoms with Crippen molar-refractivity contribution in [1.82, 2.24) is 4.90 Å². The lowest BCUT2D eigenvalue weighted by atomic mass is 9.81. The quantitative estimate of drug-likeness (QED) is 0.854. The lowest BCUT2D eigenvalue weighted by molar-refractivity contribution is -0.146. The average Bonchev–Trinajstić information content (AvgIpc) is 2.54. The fraction of sp³-hybridized carbons (Fsp3) is 0.556. The predicted octanol–water partition coefficient (Wildman–Crippen LogP) is 3.53. The molecule has 1 aromatic rings. The average molecular weight is 380 g/mol. The molecule has 1 aromatic carbocycles. The van der Waals surface area contributed by atoms with E-state index in [9.17, 15) is 9.59 Å². The second-order valence-corrected chi connectivity index (χ2v) is 7.67. The molecule has 0 bridgehead atoms. The minimum absolute atomic E-state index is 0.00269. The topological polar surface area (TPSA) is 57.6 Å². The summed E-state index contributed by atoms with van der Waals surface area (Å²) in [6, 6.07) is 4.26.